The first kappa shape index (κ1) is 12.9. The molecule has 0 saturated carbocycles. The Bertz CT molecular complexity index is 524. The van der Waals surface area contributed by atoms with Crippen molar-refractivity contribution in [1.82, 2.24) is 9.55 Å². The number of benzene rings is 1. The molecule has 2 rings (SSSR count). The van der Waals surface area contributed by atoms with Crippen LogP contribution in [0.4, 0.5) is 0 Å². The van der Waals surface area contributed by atoms with E-state index in [1.165, 1.54) is 6.07 Å². The third-order valence-corrected chi connectivity index (χ3v) is 2.93. The average molecular weight is 267 g/mol. The lowest BCUT2D eigenvalue weighted by molar-refractivity contribution is 0.0415. The Morgan fingerprint density at radius 2 is 2.22 bits per heavy atom. The van der Waals surface area contributed by atoms with E-state index >= 15 is 0 Å². The average Bonchev–Trinajstić information content (AvgIpc) is 2.75. The summed E-state index contributed by atoms with van der Waals surface area (Å²) in [5.41, 5.74) is -0.351. The Morgan fingerprint density at radius 1 is 1.44 bits per heavy atom. The van der Waals surface area contributed by atoms with E-state index in [0.717, 1.165) is 0 Å². The van der Waals surface area contributed by atoms with Gasteiger partial charge in [-0.25, -0.2) is 4.98 Å². The molecule has 1 aromatic carbocycles. The first-order chi connectivity index (χ1) is 8.46. The fourth-order valence-corrected chi connectivity index (χ4v) is 2.13. The second-order valence-corrected chi connectivity index (χ2v) is 5.12. The van der Waals surface area contributed by atoms with Gasteiger partial charge >= 0.3 is 0 Å². The summed E-state index contributed by atoms with van der Waals surface area (Å²) in [5, 5.41) is 20.6. The van der Waals surface area contributed by atoms with Crippen molar-refractivity contribution in [2.75, 3.05) is 0 Å². The van der Waals surface area contributed by atoms with Crippen LogP contribution in [0.5, 0.6) is 5.75 Å². The Morgan fingerprint density at radius 3 is 2.89 bits per heavy atom. The number of hydrogen-bond acceptors (Lipinski definition) is 3. The van der Waals surface area contributed by atoms with E-state index < -0.39 is 5.60 Å². The van der Waals surface area contributed by atoms with Crippen molar-refractivity contribution >= 4 is 11.6 Å². The van der Waals surface area contributed by atoms with Gasteiger partial charge in [-0.1, -0.05) is 11.6 Å². The van der Waals surface area contributed by atoms with Crippen LogP contribution in [0, 0.1) is 0 Å². The van der Waals surface area contributed by atoms with Crippen LogP contribution >= 0.6 is 11.6 Å². The monoisotopic (exact) mass is 266 g/mol. The Kier molecular flexibility index (Phi) is 3.59. The maximum absolute atomic E-state index is 10.4. The summed E-state index contributed by atoms with van der Waals surface area (Å²) in [6, 6.07) is 4.81. The third-order valence-electron chi connectivity index (χ3n) is 2.70. The number of imidazole rings is 1. The zero-order valence-corrected chi connectivity index (χ0v) is 10.8. The Hall–Kier alpha value is -1.52. The lowest BCUT2D eigenvalue weighted by atomic mass is 9.96. The van der Waals surface area contributed by atoms with Crippen molar-refractivity contribution < 1.29 is 10.2 Å². The van der Waals surface area contributed by atoms with E-state index in [1.54, 1.807) is 42.3 Å². The molecule has 0 aliphatic carbocycles. The van der Waals surface area contributed by atoms with Crippen LogP contribution in [0.1, 0.15) is 12.5 Å². The van der Waals surface area contributed by atoms with Gasteiger partial charge in [0.25, 0.3) is 0 Å². The molecule has 5 heteroatoms. The molecule has 0 aliphatic heterocycles. The highest BCUT2D eigenvalue weighted by Gasteiger charge is 2.23. The van der Waals surface area contributed by atoms with E-state index in [1.807, 2.05) is 0 Å². The number of phenolic OH excluding ortho intramolecular Hbond substituents is 1. The quantitative estimate of drug-likeness (QED) is 0.892. The molecule has 1 unspecified atom stereocenters. The van der Waals surface area contributed by atoms with E-state index in [9.17, 15) is 10.2 Å². The molecule has 2 aromatic rings. The summed E-state index contributed by atoms with van der Waals surface area (Å²) in [6.07, 6.45) is 5.41. The molecule has 0 fully saturated rings. The van der Waals surface area contributed by atoms with E-state index in [2.05, 4.69) is 4.98 Å². The van der Waals surface area contributed by atoms with Crippen molar-refractivity contribution in [3.8, 4) is 5.75 Å². The summed E-state index contributed by atoms with van der Waals surface area (Å²) in [5.74, 6) is 0.144. The molecule has 2 N–H and O–H groups in total. The molecule has 4 nitrogen and oxygen atoms in total. The van der Waals surface area contributed by atoms with Gasteiger partial charge in [0.1, 0.15) is 5.75 Å². The minimum Gasteiger partial charge on any atom is -0.508 e. The first-order valence-electron chi connectivity index (χ1n) is 5.62. The number of aliphatic hydroxyl groups is 1. The molecule has 0 amide bonds. The second-order valence-electron chi connectivity index (χ2n) is 4.68. The van der Waals surface area contributed by atoms with Crippen molar-refractivity contribution in [2.45, 2.75) is 25.5 Å². The summed E-state index contributed by atoms with van der Waals surface area (Å²) >= 11 is 5.88. The van der Waals surface area contributed by atoms with Crippen LogP contribution < -0.4 is 0 Å². The number of hydrogen-bond donors (Lipinski definition) is 2. The van der Waals surface area contributed by atoms with Gasteiger partial charge in [-0.2, -0.15) is 0 Å². The standard InChI is InChI=1S/C13H15ClN2O2/c1-13(18,8-16-5-4-15-9-16)7-10-6-11(14)2-3-12(10)17/h2-6,9,17-18H,7-8H2,1H3. The molecule has 18 heavy (non-hydrogen) atoms. The molecule has 0 bridgehead atoms. The van der Waals surface area contributed by atoms with Crippen LogP contribution in [0.3, 0.4) is 0 Å². The summed E-state index contributed by atoms with van der Waals surface area (Å²) < 4.78 is 1.79. The SMILES string of the molecule is CC(O)(Cc1cc(Cl)ccc1O)Cn1ccnc1. The third kappa shape index (κ3) is 3.24. The highest BCUT2D eigenvalue weighted by atomic mass is 35.5. The van der Waals surface area contributed by atoms with Gasteiger partial charge in [0.2, 0.25) is 0 Å². The zero-order chi connectivity index (χ0) is 13.2. The molecule has 96 valence electrons. The second kappa shape index (κ2) is 5.00. The van der Waals surface area contributed by atoms with Gasteiger partial charge in [-0.05, 0) is 30.7 Å². The fourth-order valence-electron chi connectivity index (χ4n) is 1.94. The fraction of sp³-hybridized carbons (Fsp3) is 0.308. The van der Waals surface area contributed by atoms with E-state index in [0.29, 0.717) is 23.6 Å². The van der Waals surface area contributed by atoms with Crippen molar-refractivity contribution in [3.63, 3.8) is 0 Å². The number of aromatic hydroxyl groups is 1. The van der Waals surface area contributed by atoms with E-state index in [4.69, 9.17) is 11.6 Å². The first-order valence-corrected chi connectivity index (χ1v) is 6.00. The molecule has 0 saturated heterocycles. The minimum absolute atomic E-state index is 0.144. The highest BCUT2D eigenvalue weighted by Crippen LogP contribution is 2.26. The molecular weight excluding hydrogens is 252 g/mol. The summed E-state index contributed by atoms with van der Waals surface area (Å²) in [4.78, 5) is 3.93. The van der Waals surface area contributed by atoms with Crippen molar-refractivity contribution in [2.24, 2.45) is 0 Å². The van der Waals surface area contributed by atoms with Crippen LogP contribution in [0.15, 0.2) is 36.9 Å². The van der Waals surface area contributed by atoms with Gasteiger partial charge in [-0.3, -0.25) is 0 Å². The number of aromatic nitrogens is 2. The lowest BCUT2D eigenvalue weighted by Gasteiger charge is -2.24. The molecular formula is C13H15ClN2O2. The predicted molar refractivity (Wildman–Crippen MR) is 69.7 cm³/mol. The van der Waals surface area contributed by atoms with Gasteiger partial charge in [-0.15, -0.1) is 0 Å². The minimum atomic E-state index is -0.983. The predicted octanol–water partition coefficient (Wildman–Crippen LogP) is 2.24. The van der Waals surface area contributed by atoms with Crippen molar-refractivity contribution in [3.05, 3.63) is 47.5 Å². The number of halogens is 1. The molecule has 1 heterocycles. The van der Waals surface area contributed by atoms with Crippen LogP contribution in [-0.4, -0.2) is 25.4 Å². The van der Waals surface area contributed by atoms with Gasteiger partial charge < -0.3 is 14.8 Å². The molecule has 1 aromatic heterocycles. The molecule has 0 radical (unpaired) electrons. The molecule has 1 atom stereocenters. The van der Waals surface area contributed by atoms with Gasteiger partial charge in [0, 0.05) is 23.8 Å². The summed E-state index contributed by atoms with van der Waals surface area (Å²) in [7, 11) is 0. The number of nitrogens with zero attached hydrogens (tertiary/aromatic N) is 2. The number of phenols is 1. The van der Waals surface area contributed by atoms with Crippen molar-refractivity contribution in [1.29, 1.82) is 0 Å². The number of rotatable bonds is 4. The maximum Gasteiger partial charge on any atom is 0.118 e. The summed E-state index contributed by atoms with van der Waals surface area (Å²) in [6.45, 7) is 2.12. The van der Waals surface area contributed by atoms with Crippen LogP contribution in [-0.2, 0) is 13.0 Å². The van der Waals surface area contributed by atoms with E-state index in [-0.39, 0.29) is 5.75 Å². The normalized spacial score (nSPS) is 14.4. The Labute approximate surface area is 110 Å². The molecule has 0 aliphatic rings. The zero-order valence-electron chi connectivity index (χ0n) is 10.0. The van der Waals surface area contributed by atoms with Gasteiger partial charge in [0.05, 0.1) is 18.5 Å². The van der Waals surface area contributed by atoms with Gasteiger partial charge in [0.15, 0.2) is 0 Å². The highest BCUT2D eigenvalue weighted by molar-refractivity contribution is 6.30. The molecule has 0 spiro atoms. The Balaban J connectivity index is 2.14. The largest absolute Gasteiger partial charge is 0.508 e. The smallest absolute Gasteiger partial charge is 0.118 e. The maximum atomic E-state index is 10.4. The van der Waals surface area contributed by atoms with Crippen LogP contribution in [0.2, 0.25) is 5.02 Å². The topological polar surface area (TPSA) is 58.3 Å². The van der Waals surface area contributed by atoms with Crippen LogP contribution in [0.25, 0.3) is 0 Å². The lowest BCUT2D eigenvalue weighted by Crippen LogP contribution is -2.32.